The Balaban J connectivity index is 1.56. The van der Waals surface area contributed by atoms with Crippen molar-refractivity contribution in [3.05, 3.63) is 41.7 Å². The summed E-state index contributed by atoms with van der Waals surface area (Å²) < 4.78 is 21.5. The van der Waals surface area contributed by atoms with Crippen LogP contribution in [-0.4, -0.2) is 58.5 Å². The largest absolute Gasteiger partial charge is 0.477 e. The lowest BCUT2D eigenvalue weighted by Crippen LogP contribution is -2.26. The highest BCUT2D eigenvalue weighted by molar-refractivity contribution is 6.05. The average Bonchev–Trinajstić information content (AvgIpc) is 3.35. The number of imidazole rings is 1. The van der Waals surface area contributed by atoms with E-state index in [1.165, 1.54) is 16.7 Å². The second-order valence-electron chi connectivity index (χ2n) is 7.62. The molecule has 1 fully saturated rings. The summed E-state index contributed by atoms with van der Waals surface area (Å²) in [7, 11) is 1.94. The van der Waals surface area contributed by atoms with E-state index in [1.54, 1.807) is 19.3 Å². The van der Waals surface area contributed by atoms with Crippen molar-refractivity contribution in [1.29, 1.82) is 0 Å². The van der Waals surface area contributed by atoms with Crippen molar-refractivity contribution in [2.45, 2.75) is 20.3 Å². The number of rotatable bonds is 7. The first-order valence-electron chi connectivity index (χ1n) is 10.3. The Morgan fingerprint density at radius 1 is 1.35 bits per heavy atom. The maximum atomic E-state index is 14.3. The maximum absolute atomic E-state index is 14.3. The summed E-state index contributed by atoms with van der Waals surface area (Å²) in [6.45, 7) is 6.60. The molecule has 1 aliphatic heterocycles. The van der Waals surface area contributed by atoms with Gasteiger partial charge in [-0.2, -0.15) is 4.98 Å². The zero-order valence-corrected chi connectivity index (χ0v) is 17.9. The number of ether oxygens (including phenoxy) is 1. The molecule has 1 saturated heterocycles. The number of hydrogen-bond acceptors (Lipinski definition) is 7. The summed E-state index contributed by atoms with van der Waals surface area (Å²) in [6, 6.07) is 1.24. The molecule has 31 heavy (non-hydrogen) atoms. The quantitative estimate of drug-likeness (QED) is 0.597. The third-order valence-corrected chi connectivity index (χ3v) is 5.21. The van der Waals surface area contributed by atoms with Gasteiger partial charge in [0.25, 0.3) is 5.91 Å². The van der Waals surface area contributed by atoms with E-state index in [1.807, 2.05) is 14.0 Å². The van der Waals surface area contributed by atoms with Crippen molar-refractivity contribution in [3.63, 3.8) is 0 Å². The van der Waals surface area contributed by atoms with Gasteiger partial charge in [0.05, 0.1) is 18.0 Å². The molecule has 3 aromatic heterocycles. The van der Waals surface area contributed by atoms with Crippen LogP contribution in [0, 0.1) is 18.7 Å². The number of carbonyl (C=O) groups is 1. The molecule has 0 spiro atoms. The van der Waals surface area contributed by atoms with Gasteiger partial charge < -0.3 is 24.7 Å². The van der Waals surface area contributed by atoms with Gasteiger partial charge in [0.15, 0.2) is 11.5 Å². The van der Waals surface area contributed by atoms with E-state index < -0.39 is 11.7 Å². The Hall–Kier alpha value is -3.27. The zero-order chi connectivity index (χ0) is 22.0. The summed E-state index contributed by atoms with van der Waals surface area (Å²) in [4.78, 5) is 28.0. The Bertz CT molecular complexity index is 1100. The Labute approximate surface area is 179 Å². The molecule has 0 bridgehead atoms. The number of anilines is 2. The summed E-state index contributed by atoms with van der Waals surface area (Å²) in [5.74, 6) is 0.290. The van der Waals surface area contributed by atoms with Crippen LogP contribution in [-0.2, 0) is 0 Å². The third kappa shape index (κ3) is 4.43. The van der Waals surface area contributed by atoms with Crippen molar-refractivity contribution < 1.29 is 13.9 Å². The van der Waals surface area contributed by atoms with Crippen LogP contribution >= 0.6 is 0 Å². The first kappa shape index (κ1) is 21.0. The fourth-order valence-corrected chi connectivity index (χ4v) is 3.83. The second-order valence-corrected chi connectivity index (χ2v) is 7.62. The number of hydrogen-bond donors (Lipinski definition) is 2. The fourth-order valence-electron chi connectivity index (χ4n) is 3.83. The van der Waals surface area contributed by atoms with Crippen LogP contribution in [0.4, 0.5) is 16.0 Å². The molecule has 3 aromatic rings. The second kappa shape index (κ2) is 8.84. The van der Waals surface area contributed by atoms with E-state index in [-0.39, 0.29) is 17.1 Å². The van der Waals surface area contributed by atoms with Crippen LogP contribution in [0.3, 0.4) is 0 Å². The molecule has 0 saturated carbocycles. The molecule has 0 aromatic carbocycles. The van der Waals surface area contributed by atoms with Crippen molar-refractivity contribution in [1.82, 2.24) is 24.7 Å². The number of fused-ring (bicyclic) bond motifs is 1. The van der Waals surface area contributed by atoms with Gasteiger partial charge in [-0.05, 0) is 39.8 Å². The topological polar surface area (TPSA) is 96.7 Å². The van der Waals surface area contributed by atoms with E-state index in [2.05, 4.69) is 30.5 Å². The average molecular weight is 427 g/mol. The lowest BCUT2D eigenvalue weighted by molar-refractivity contribution is 0.102. The molecule has 4 heterocycles. The molecule has 1 atom stereocenters. The molecule has 0 aliphatic carbocycles. The van der Waals surface area contributed by atoms with Crippen LogP contribution in [0.25, 0.3) is 5.65 Å². The van der Waals surface area contributed by atoms with Gasteiger partial charge in [-0.15, -0.1) is 0 Å². The number of carbonyl (C=O) groups excluding carboxylic acids is 1. The maximum Gasteiger partial charge on any atom is 0.262 e. The zero-order valence-electron chi connectivity index (χ0n) is 17.9. The van der Waals surface area contributed by atoms with Crippen molar-refractivity contribution in [3.8, 4) is 5.88 Å². The normalized spacial score (nSPS) is 16.1. The van der Waals surface area contributed by atoms with Gasteiger partial charge in [0.2, 0.25) is 11.8 Å². The van der Waals surface area contributed by atoms with Gasteiger partial charge in [-0.3, -0.25) is 4.79 Å². The van der Waals surface area contributed by atoms with Crippen molar-refractivity contribution in [2.75, 3.05) is 43.5 Å². The van der Waals surface area contributed by atoms with E-state index >= 15 is 0 Å². The number of halogens is 1. The lowest BCUT2D eigenvalue weighted by atomic mass is 10.1. The first-order chi connectivity index (χ1) is 15.0. The van der Waals surface area contributed by atoms with Gasteiger partial charge in [0, 0.05) is 37.7 Å². The predicted molar refractivity (Wildman–Crippen MR) is 115 cm³/mol. The van der Waals surface area contributed by atoms with E-state index in [0.29, 0.717) is 29.9 Å². The minimum absolute atomic E-state index is 0.193. The number of pyridine rings is 1. The molecule has 2 N–H and O–H groups in total. The minimum atomic E-state index is -0.521. The molecule has 0 radical (unpaired) electrons. The number of amides is 1. The monoisotopic (exact) mass is 427 g/mol. The molecule has 9 nitrogen and oxygen atoms in total. The highest BCUT2D eigenvalue weighted by Gasteiger charge is 2.26. The van der Waals surface area contributed by atoms with Gasteiger partial charge in [-0.25, -0.2) is 14.4 Å². The van der Waals surface area contributed by atoms with Crippen molar-refractivity contribution >= 4 is 23.2 Å². The number of aromatic nitrogens is 4. The summed E-state index contributed by atoms with van der Waals surface area (Å²) in [5.41, 5.74) is 1.39. The molecule has 4 rings (SSSR count). The van der Waals surface area contributed by atoms with Crippen molar-refractivity contribution in [2.24, 2.45) is 5.92 Å². The third-order valence-electron chi connectivity index (χ3n) is 5.21. The molecule has 0 unspecified atom stereocenters. The highest BCUT2D eigenvalue weighted by atomic mass is 19.1. The summed E-state index contributed by atoms with van der Waals surface area (Å²) >= 11 is 0. The Morgan fingerprint density at radius 2 is 2.19 bits per heavy atom. The van der Waals surface area contributed by atoms with Crippen LogP contribution < -0.4 is 20.3 Å². The molecular formula is C21H26FN7O2. The predicted octanol–water partition coefficient (Wildman–Crippen LogP) is 2.27. The van der Waals surface area contributed by atoms with Gasteiger partial charge in [-0.1, -0.05) is 0 Å². The molecular weight excluding hydrogens is 401 g/mol. The first-order valence-corrected chi connectivity index (χ1v) is 10.3. The molecule has 1 amide bonds. The van der Waals surface area contributed by atoms with Crippen LogP contribution in [0.1, 0.15) is 29.4 Å². The Kier molecular flexibility index (Phi) is 5.99. The van der Waals surface area contributed by atoms with Gasteiger partial charge >= 0.3 is 0 Å². The van der Waals surface area contributed by atoms with Crippen LogP contribution in [0.5, 0.6) is 5.88 Å². The number of nitrogens with one attached hydrogen (secondary N) is 2. The smallest absolute Gasteiger partial charge is 0.262 e. The highest BCUT2D eigenvalue weighted by Crippen LogP contribution is 2.25. The van der Waals surface area contributed by atoms with Gasteiger partial charge in [0.1, 0.15) is 5.56 Å². The SMILES string of the molecule is CCOc1nc(N2CC[C@H](CNC)C2)ncc1C(=O)Nc1cc(F)c2nc(C)cn2c1. The summed E-state index contributed by atoms with van der Waals surface area (Å²) in [5, 5.41) is 5.90. The van der Waals surface area contributed by atoms with Crippen LogP contribution in [0.15, 0.2) is 24.7 Å². The van der Waals surface area contributed by atoms with E-state index in [0.717, 1.165) is 26.1 Å². The standard InChI is InChI=1S/C21H26FN7O2/c1-4-31-20-16(9-24-21(27-20)28-6-5-14(11-28)8-23-3)19(30)26-15-7-17(22)18-25-13(2)10-29(18)12-15/h7,9-10,12,14,23H,4-6,8,11H2,1-3H3,(H,26,30)/t14-/m1/s1. The minimum Gasteiger partial charge on any atom is -0.477 e. The number of aryl methyl sites for hydroxylation is 1. The number of nitrogens with zero attached hydrogens (tertiary/aromatic N) is 5. The van der Waals surface area contributed by atoms with E-state index in [4.69, 9.17) is 4.74 Å². The van der Waals surface area contributed by atoms with Crippen LogP contribution in [0.2, 0.25) is 0 Å². The van der Waals surface area contributed by atoms with E-state index in [9.17, 15) is 9.18 Å². The Morgan fingerprint density at radius 3 is 2.97 bits per heavy atom. The summed E-state index contributed by atoms with van der Waals surface area (Å²) in [6.07, 6.45) is 5.81. The molecule has 1 aliphatic rings. The molecule has 10 heteroatoms. The molecule has 164 valence electrons. The fraction of sp³-hybridized carbons (Fsp3) is 0.429. The lowest BCUT2D eigenvalue weighted by Gasteiger charge is -2.18.